The second kappa shape index (κ2) is 63.6. The lowest BCUT2D eigenvalue weighted by atomic mass is 10.1. The molecule has 6 heteroatoms. The molecule has 0 aliphatic heterocycles. The summed E-state index contributed by atoms with van der Waals surface area (Å²) in [6.45, 7) is 6.41. The molecule has 0 heterocycles. The van der Waals surface area contributed by atoms with Crippen molar-refractivity contribution in [2.75, 3.05) is 13.2 Å². The van der Waals surface area contributed by atoms with E-state index >= 15 is 0 Å². The zero-order chi connectivity index (χ0) is 55.0. The van der Waals surface area contributed by atoms with Crippen LogP contribution in [0, 0.1) is 0 Å². The van der Waals surface area contributed by atoms with Gasteiger partial charge in [0.05, 0.1) is 0 Å². The van der Waals surface area contributed by atoms with Crippen LogP contribution in [0.1, 0.15) is 297 Å². The molecule has 1 atom stereocenters. The Kier molecular flexibility index (Phi) is 60.3. The molecule has 0 saturated carbocycles. The van der Waals surface area contributed by atoms with Gasteiger partial charge in [-0.1, -0.05) is 265 Å². The SMILES string of the molecule is CC/C=C\C/C=C\C/C=C\C/C=C\CCCCCCCCCCCCC(=O)OCC(COC(=O)CCCCCC/C=C\C/C=C\C/C=C\C/C=C\CC)OC(=O)CCCCCCCCC/C=C\CCCCCCCCC. The summed E-state index contributed by atoms with van der Waals surface area (Å²) in [6.07, 6.45) is 86.6. The number of carbonyl (C=O) groups excluding carboxylic acids is 3. The normalized spacial score (nSPS) is 12.8. The quantitative estimate of drug-likeness (QED) is 0.0261. The molecule has 6 nitrogen and oxygen atoms in total. The Morgan fingerprint density at radius 1 is 0.276 bits per heavy atom. The predicted octanol–water partition coefficient (Wildman–Crippen LogP) is 21.8. The summed E-state index contributed by atoms with van der Waals surface area (Å²) in [4.78, 5) is 38.3. The number of allylic oxidation sites excluding steroid dienone is 18. The minimum atomic E-state index is -0.796. The van der Waals surface area contributed by atoms with Crippen LogP contribution in [0.25, 0.3) is 0 Å². The summed E-state index contributed by atoms with van der Waals surface area (Å²) in [5.74, 6) is -0.915. The van der Waals surface area contributed by atoms with Crippen LogP contribution >= 0.6 is 0 Å². The van der Waals surface area contributed by atoms with Crippen LogP contribution < -0.4 is 0 Å². The molecule has 0 aromatic rings. The summed E-state index contributed by atoms with van der Waals surface area (Å²) < 4.78 is 16.9. The maximum Gasteiger partial charge on any atom is 0.306 e. The fourth-order valence-electron chi connectivity index (χ4n) is 8.77. The Balaban J connectivity index is 4.41. The van der Waals surface area contributed by atoms with Gasteiger partial charge in [-0.2, -0.15) is 0 Å². The lowest BCUT2D eigenvalue weighted by Crippen LogP contribution is -2.30. The average Bonchev–Trinajstić information content (AvgIpc) is 3.42. The van der Waals surface area contributed by atoms with Crippen molar-refractivity contribution >= 4 is 17.9 Å². The van der Waals surface area contributed by atoms with Crippen molar-refractivity contribution < 1.29 is 28.6 Å². The molecule has 0 saturated heterocycles. The van der Waals surface area contributed by atoms with Gasteiger partial charge in [0.15, 0.2) is 6.10 Å². The van der Waals surface area contributed by atoms with Crippen LogP contribution in [0.3, 0.4) is 0 Å². The second-order valence-corrected chi connectivity index (χ2v) is 20.9. The van der Waals surface area contributed by atoms with Crippen LogP contribution in [-0.2, 0) is 28.6 Å². The first-order valence-corrected chi connectivity index (χ1v) is 31.9. The third kappa shape index (κ3) is 60.9. The number of ether oxygens (including phenoxy) is 3. The van der Waals surface area contributed by atoms with Crippen molar-refractivity contribution in [3.05, 3.63) is 109 Å². The zero-order valence-electron chi connectivity index (χ0n) is 49.7. The molecule has 0 radical (unpaired) electrons. The van der Waals surface area contributed by atoms with E-state index in [9.17, 15) is 14.4 Å². The van der Waals surface area contributed by atoms with E-state index < -0.39 is 6.10 Å². The third-order valence-corrected chi connectivity index (χ3v) is 13.5. The third-order valence-electron chi connectivity index (χ3n) is 13.5. The molecule has 0 bridgehead atoms. The van der Waals surface area contributed by atoms with Crippen molar-refractivity contribution in [3.8, 4) is 0 Å². The topological polar surface area (TPSA) is 78.9 Å². The van der Waals surface area contributed by atoms with Gasteiger partial charge in [0.2, 0.25) is 0 Å². The standard InChI is InChI=1S/C70H118O6/c1-4-7-10-13-16-19-22-25-28-31-33-34-35-36-37-40-42-45-48-51-54-57-60-63-69(72)75-66-67(65-74-68(71)62-59-56-53-50-47-44-41-38-30-27-24-21-18-15-12-9-6-3)76-70(73)64-61-58-55-52-49-46-43-39-32-29-26-23-20-17-14-11-8-5-2/h7,9-10,12,16,18-19,21,25,27-30,32-34,41,44,67H,4-6,8,11,13-15,17,20,22-24,26,31,35-40,42-43,45-66H2,1-3H3/b10-7-,12-9-,19-16-,21-18-,28-25-,30-27-,32-29-,34-33-,44-41-. The van der Waals surface area contributed by atoms with Gasteiger partial charge in [-0.3, -0.25) is 14.4 Å². The minimum absolute atomic E-state index is 0.0904. The van der Waals surface area contributed by atoms with Gasteiger partial charge in [0.25, 0.3) is 0 Å². The van der Waals surface area contributed by atoms with Crippen molar-refractivity contribution in [3.63, 3.8) is 0 Å². The van der Waals surface area contributed by atoms with E-state index in [0.29, 0.717) is 19.3 Å². The first kappa shape index (κ1) is 72.1. The lowest BCUT2D eigenvalue weighted by molar-refractivity contribution is -0.167. The van der Waals surface area contributed by atoms with Crippen molar-refractivity contribution in [1.82, 2.24) is 0 Å². The predicted molar refractivity (Wildman–Crippen MR) is 330 cm³/mol. The zero-order valence-corrected chi connectivity index (χ0v) is 49.7. The molecule has 434 valence electrons. The highest BCUT2D eigenvalue weighted by Gasteiger charge is 2.19. The average molecular weight is 1060 g/mol. The minimum Gasteiger partial charge on any atom is -0.462 e. The molecule has 0 spiro atoms. The van der Waals surface area contributed by atoms with Gasteiger partial charge in [-0.25, -0.2) is 0 Å². The number of unbranched alkanes of at least 4 members (excludes halogenated alkanes) is 28. The van der Waals surface area contributed by atoms with Crippen LogP contribution in [0.5, 0.6) is 0 Å². The molecule has 0 N–H and O–H groups in total. The van der Waals surface area contributed by atoms with E-state index in [0.717, 1.165) is 122 Å². The maximum absolute atomic E-state index is 12.9. The van der Waals surface area contributed by atoms with Gasteiger partial charge >= 0.3 is 17.9 Å². The van der Waals surface area contributed by atoms with Gasteiger partial charge in [-0.15, -0.1) is 0 Å². The van der Waals surface area contributed by atoms with Crippen molar-refractivity contribution in [2.24, 2.45) is 0 Å². The number of hydrogen-bond acceptors (Lipinski definition) is 6. The second-order valence-electron chi connectivity index (χ2n) is 20.9. The van der Waals surface area contributed by atoms with E-state index in [-0.39, 0.29) is 31.1 Å². The Bertz CT molecular complexity index is 1540. The highest BCUT2D eigenvalue weighted by atomic mass is 16.6. The molecule has 0 aromatic heterocycles. The first-order chi connectivity index (χ1) is 37.5. The van der Waals surface area contributed by atoms with E-state index in [1.807, 2.05) is 0 Å². The van der Waals surface area contributed by atoms with E-state index in [2.05, 4.69) is 130 Å². The molecule has 0 amide bonds. The molecular formula is C70H118O6. The summed E-state index contributed by atoms with van der Waals surface area (Å²) in [5.41, 5.74) is 0. The maximum atomic E-state index is 12.9. The first-order valence-electron chi connectivity index (χ1n) is 31.9. The summed E-state index contributed by atoms with van der Waals surface area (Å²) in [7, 11) is 0. The van der Waals surface area contributed by atoms with E-state index in [1.54, 1.807) is 0 Å². The highest BCUT2D eigenvalue weighted by Crippen LogP contribution is 2.16. The van der Waals surface area contributed by atoms with Gasteiger partial charge < -0.3 is 14.2 Å². The largest absolute Gasteiger partial charge is 0.462 e. The van der Waals surface area contributed by atoms with Gasteiger partial charge in [-0.05, 0) is 122 Å². The van der Waals surface area contributed by atoms with Crippen molar-refractivity contribution in [2.45, 2.75) is 303 Å². The highest BCUT2D eigenvalue weighted by molar-refractivity contribution is 5.71. The summed E-state index contributed by atoms with van der Waals surface area (Å²) >= 11 is 0. The monoisotopic (exact) mass is 1050 g/mol. The summed E-state index contributed by atoms with van der Waals surface area (Å²) in [6, 6.07) is 0. The number of carbonyl (C=O) groups is 3. The van der Waals surface area contributed by atoms with Crippen molar-refractivity contribution in [1.29, 1.82) is 0 Å². The fourth-order valence-corrected chi connectivity index (χ4v) is 8.77. The fraction of sp³-hybridized carbons (Fsp3) is 0.700. The van der Waals surface area contributed by atoms with E-state index in [1.165, 1.54) is 135 Å². The van der Waals surface area contributed by atoms with Crippen LogP contribution in [0.4, 0.5) is 0 Å². The summed E-state index contributed by atoms with van der Waals surface area (Å²) in [5, 5.41) is 0. The molecule has 0 fully saturated rings. The Hall–Kier alpha value is -3.93. The van der Waals surface area contributed by atoms with Crippen LogP contribution in [0.15, 0.2) is 109 Å². The van der Waals surface area contributed by atoms with Gasteiger partial charge in [0, 0.05) is 19.3 Å². The smallest absolute Gasteiger partial charge is 0.306 e. The Morgan fingerprint density at radius 2 is 0.513 bits per heavy atom. The van der Waals surface area contributed by atoms with Crippen LogP contribution in [0.2, 0.25) is 0 Å². The number of esters is 3. The lowest BCUT2D eigenvalue weighted by Gasteiger charge is -2.18. The Morgan fingerprint density at radius 3 is 0.816 bits per heavy atom. The van der Waals surface area contributed by atoms with Gasteiger partial charge in [0.1, 0.15) is 13.2 Å². The molecule has 0 aliphatic carbocycles. The number of rotatable bonds is 57. The van der Waals surface area contributed by atoms with E-state index in [4.69, 9.17) is 14.2 Å². The molecule has 0 aliphatic rings. The Labute approximate surface area is 470 Å². The molecule has 0 rings (SSSR count). The molecular weight excluding hydrogens is 937 g/mol. The van der Waals surface area contributed by atoms with Crippen LogP contribution in [-0.4, -0.2) is 37.2 Å². The number of hydrogen-bond donors (Lipinski definition) is 0. The molecule has 76 heavy (non-hydrogen) atoms. The molecule has 1 unspecified atom stereocenters. The molecule has 0 aromatic carbocycles.